The maximum Gasteiger partial charge on any atom is 0.251 e. The van der Waals surface area contributed by atoms with Gasteiger partial charge in [-0.25, -0.2) is 0 Å². The molecule has 2 aromatic rings. The van der Waals surface area contributed by atoms with Crippen molar-refractivity contribution in [3.63, 3.8) is 0 Å². The summed E-state index contributed by atoms with van der Waals surface area (Å²) in [5.74, 6) is 0.144. The second-order valence-corrected chi connectivity index (χ2v) is 6.33. The third-order valence-electron chi connectivity index (χ3n) is 4.59. The minimum atomic E-state index is -0.0314. The lowest BCUT2D eigenvalue weighted by Gasteiger charge is -2.16. The topological polar surface area (TPSA) is 49.4 Å². The highest BCUT2D eigenvalue weighted by molar-refractivity contribution is 5.96. The number of anilines is 1. The molecule has 0 radical (unpaired) electrons. The molecule has 4 nitrogen and oxygen atoms in total. The van der Waals surface area contributed by atoms with Gasteiger partial charge in [-0.15, -0.1) is 0 Å². The molecule has 1 aliphatic rings. The summed E-state index contributed by atoms with van der Waals surface area (Å²) in [6, 6.07) is 13.9. The van der Waals surface area contributed by atoms with Crippen LogP contribution in [0, 0.1) is 0 Å². The number of hydrogen-bond donors (Lipinski definition) is 1. The van der Waals surface area contributed by atoms with Crippen LogP contribution in [0.1, 0.15) is 42.6 Å². The summed E-state index contributed by atoms with van der Waals surface area (Å²) < 4.78 is 0. The zero-order valence-electron chi connectivity index (χ0n) is 14.8. The van der Waals surface area contributed by atoms with Crippen molar-refractivity contribution < 1.29 is 9.59 Å². The number of carbonyl (C=O) groups is 2. The van der Waals surface area contributed by atoms with Gasteiger partial charge >= 0.3 is 0 Å². The van der Waals surface area contributed by atoms with E-state index in [0.29, 0.717) is 18.5 Å². The summed E-state index contributed by atoms with van der Waals surface area (Å²) in [6.07, 6.45) is 2.35. The molecule has 1 heterocycles. The molecule has 25 heavy (non-hydrogen) atoms. The van der Waals surface area contributed by atoms with E-state index in [4.69, 9.17) is 0 Å². The maximum absolute atomic E-state index is 12.0. The van der Waals surface area contributed by atoms with E-state index in [1.165, 1.54) is 5.56 Å². The van der Waals surface area contributed by atoms with Gasteiger partial charge in [0, 0.05) is 30.8 Å². The highest BCUT2D eigenvalue weighted by Crippen LogP contribution is 2.32. The van der Waals surface area contributed by atoms with E-state index in [0.717, 1.165) is 36.2 Å². The van der Waals surface area contributed by atoms with Crippen molar-refractivity contribution in [2.24, 2.45) is 0 Å². The summed E-state index contributed by atoms with van der Waals surface area (Å²) in [6.45, 7) is 5.39. The Kier molecular flexibility index (Phi) is 5.17. The fourth-order valence-electron chi connectivity index (χ4n) is 3.19. The lowest BCUT2D eigenvalue weighted by Crippen LogP contribution is -2.27. The highest BCUT2D eigenvalue weighted by Gasteiger charge is 2.23. The Bertz CT molecular complexity index is 781. The van der Waals surface area contributed by atoms with E-state index in [1.807, 2.05) is 55.1 Å². The molecule has 0 aromatic heterocycles. The van der Waals surface area contributed by atoms with Crippen LogP contribution >= 0.6 is 0 Å². The molecule has 1 N–H and O–H groups in total. The molecule has 2 aromatic carbocycles. The smallest absolute Gasteiger partial charge is 0.251 e. The standard InChI is InChI=1S/C21H24N2O2/c1-3-12-22-21(25)16-7-5-15(6-8-16)17-9-10-19-18(14-17)11-13-23(19)20(24)4-2/h5-10,14H,3-4,11-13H2,1-2H3,(H,22,25). The lowest BCUT2D eigenvalue weighted by atomic mass is 10.0. The number of rotatable bonds is 5. The van der Waals surface area contributed by atoms with Crippen LogP contribution in [-0.2, 0) is 11.2 Å². The molecule has 0 saturated carbocycles. The molecule has 2 amide bonds. The van der Waals surface area contributed by atoms with Crippen LogP contribution in [0.3, 0.4) is 0 Å². The van der Waals surface area contributed by atoms with Gasteiger partial charge in [-0.05, 0) is 53.8 Å². The quantitative estimate of drug-likeness (QED) is 0.903. The van der Waals surface area contributed by atoms with Crippen LogP contribution in [-0.4, -0.2) is 24.9 Å². The number of amides is 2. The number of benzene rings is 2. The second-order valence-electron chi connectivity index (χ2n) is 6.33. The van der Waals surface area contributed by atoms with Crippen molar-refractivity contribution >= 4 is 17.5 Å². The first-order chi connectivity index (χ1) is 12.1. The van der Waals surface area contributed by atoms with Crippen molar-refractivity contribution in [2.45, 2.75) is 33.1 Å². The van der Waals surface area contributed by atoms with Gasteiger partial charge in [-0.1, -0.05) is 32.0 Å². The Morgan fingerprint density at radius 2 is 1.76 bits per heavy atom. The molecule has 0 spiro atoms. The molecule has 0 unspecified atom stereocenters. The normalized spacial score (nSPS) is 12.8. The molecule has 130 valence electrons. The Labute approximate surface area is 148 Å². The van der Waals surface area contributed by atoms with E-state index in [9.17, 15) is 9.59 Å². The van der Waals surface area contributed by atoms with Gasteiger partial charge in [0.25, 0.3) is 5.91 Å². The van der Waals surface area contributed by atoms with Crippen molar-refractivity contribution in [1.82, 2.24) is 5.32 Å². The maximum atomic E-state index is 12.0. The summed E-state index contributed by atoms with van der Waals surface area (Å²) in [5.41, 5.74) is 5.12. The first-order valence-electron chi connectivity index (χ1n) is 8.96. The van der Waals surface area contributed by atoms with Crippen LogP contribution in [0.15, 0.2) is 42.5 Å². The van der Waals surface area contributed by atoms with Crippen molar-refractivity contribution in [2.75, 3.05) is 18.0 Å². The third-order valence-corrected chi connectivity index (χ3v) is 4.59. The van der Waals surface area contributed by atoms with E-state index in [2.05, 4.69) is 11.4 Å². The predicted molar refractivity (Wildman–Crippen MR) is 101 cm³/mol. The van der Waals surface area contributed by atoms with Crippen molar-refractivity contribution in [1.29, 1.82) is 0 Å². The van der Waals surface area contributed by atoms with Crippen LogP contribution in [0.4, 0.5) is 5.69 Å². The monoisotopic (exact) mass is 336 g/mol. The number of hydrogen-bond acceptors (Lipinski definition) is 2. The second kappa shape index (κ2) is 7.51. The zero-order chi connectivity index (χ0) is 17.8. The number of fused-ring (bicyclic) bond motifs is 1. The van der Waals surface area contributed by atoms with Gasteiger partial charge in [-0.3, -0.25) is 9.59 Å². The van der Waals surface area contributed by atoms with E-state index in [-0.39, 0.29) is 11.8 Å². The average molecular weight is 336 g/mol. The Hall–Kier alpha value is -2.62. The Morgan fingerprint density at radius 3 is 2.44 bits per heavy atom. The largest absolute Gasteiger partial charge is 0.352 e. The molecular formula is C21H24N2O2. The predicted octanol–water partition coefficient (Wildman–Crippen LogP) is 3.79. The molecule has 0 fully saturated rings. The summed E-state index contributed by atoms with van der Waals surface area (Å²) in [4.78, 5) is 25.9. The minimum Gasteiger partial charge on any atom is -0.352 e. The first-order valence-corrected chi connectivity index (χ1v) is 8.96. The Morgan fingerprint density at radius 1 is 1.04 bits per heavy atom. The molecule has 4 heteroatoms. The molecular weight excluding hydrogens is 312 g/mol. The lowest BCUT2D eigenvalue weighted by molar-refractivity contribution is -0.118. The van der Waals surface area contributed by atoms with Gasteiger partial charge in [0.1, 0.15) is 0 Å². The molecule has 0 aliphatic carbocycles. The van der Waals surface area contributed by atoms with Gasteiger partial charge in [0.15, 0.2) is 0 Å². The van der Waals surface area contributed by atoms with Crippen LogP contribution in [0.5, 0.6) is 0 Å². The van der Waals surface area contributed by atoms with Crippen molar-refractivity contribution in [3.8, 4) is 11.1 Å². The van der Waals surface area contributed by atoms with E-state index >= 15 is 0 Å². The van der Waals surface area contributed by atoms with Crippen LogP contribution in [0.2, 0.25) is 0 Å². The van der Waals surface area contributed by atoms with Gasteiger partial charge in [0.05, 0.1) is 0 Å². The summed E-state index contributed by atoms with van der Waals surface area (Å²) in [5, 5.41) is 2.89. The number of nitrogens with zero attached hydrogens (tertiary/aromatic N) is 1. The molecule has 0 atom stereocenters. The fourth-order valence-corrected chi connectivity index (χ4v) is 3.19. The average Bonchev–Trinajstić information content (AvgIpc) is 3.08. The summed E-state index contributed by atoms with van der Waals surface area (Å²) in [7, 11) is 0. The van der Waals surface area contributed by atoms with Gasteiger partial charge in [-0.2, -0.15) is 0 Å². The van der Waals surface area contributed by atoms with Crippen LogP contribution in [0.25, 0.3) is 11.1 Å². The third kappa shape index (κ3) is 3.58. The molecule has 0 saturated heterocycles. The van der Waals surface area contributed by atoms with Gasteiger partial charge < -0.3 is 10.2 Å². The van der Waals surface area contributed by atoms with Crippen molar-refractivity contribution in [3.05, 3.63) is 53.6 Å². The number of nitrogens with one attached hydrogen (secondary N) is 1. The van der Waals surface area contributed by atoms with E-state index in [1.54, 1.807) is 0 Å². The zero-order valence-corrected chi connectivity index (χ0v) is 14.8. The number of carbonyl (C=O) groups excluding carboxylic acids is 2. The fraction of sp³-hybridized carbons (Fsp3) is 0.333. The Balaban J connectivity index is 1.79. The molecule has 1 aliphatic heterocycles. The van der Waals surface area contributed by atoms with Crippen LogP contribution < -0.4 is 10.2 Å². The van der Waals surface area contributed by atoms with Gasteiger partial charge in [0.2, 0.25) is 5.91 Å². The minimum absolute atomic E-state index is 0.0314. The summed E-state index contributed by atoms with van der Waals surface area (Å²) >= 11 is 0. The highest BCUT2D eigenvalue weighted by atomic mass is 16.2. The first kappa shape index (κ1) is 17.2. The SMILES string of the molecule is CCCNC(=O)c1ccc(-c2ccc3c(c2)CCN3C(=O)CC)cc1. The van der Waals surface area contributed by atoms with E-state index < -0.39 is 0 Å². The molecule has 3 rings (SSSR count). The molecule has 0 bridgehead atoms.